The number of carbonyl (C=O) groups is 1. The van der Waals surface area contributed by atoms with E-state index < -0.39 is 0 Å². The molecule has 0 aliphatic heterocycles. The molecule has 0 amide bonds. The Labute approximate surface area is 85.9 Å². The molecule has 0 bridgehead atoms. The van der Waals surface area contributed by atoms with Crippen LogP contribution in [0.4, 0.5) is 0 Å². The summed E-state index contributed by atoms with van der Waals surface area (Å²) in [6.45, 7) is 3.38. The number of allylic oxidation sites excluding steroid dienone is 2. The topological polar surface area (TPSA) is 17.1 Å². The van der Waals surface area contributed by atoms with E-state index in [2.05, 4.69) is 22.5 Å². The highest BCUT2D eigenvalue weighted by Gasteiger charge is 1.89. The lowest BCUT2D eigenvalue weighted by Crippen LogP contribution is -1.82. The molecule has 0 radical (unpaired) electrons. The monoisotopic (exact) mass is 236 g/mol. The first-order valence-electron chi connectivity index (χ1n) is 3.82. The summed E-state index contributed by atoms with van der Waals surface area (Å²) in [5, 5.41) is 0. The highest BCUT2D eigenvalue weighted by Crippen LogP contribution is 2.11. The van der Waals surface area contributed by atoms with Gasteiger partial charge in [0.25, 0.3) is 0 Å². The molecule has 1 rings (SSSR count). The van der Waals surface area contributed by atoms with Gasteiger partial charge in [0, 0.05) is 4.47 Å². The Kier molecular flexibility index (Phi) is 3.65. The molecule has 0 saturated heterocycles. The van der Waals surface area contributed by atoms with E-state index in [1.807, 2.05) is 24.3 Å². The highest BCUT2D eigenvalue weighted by atomic mass is 79.9. The molecule has 0 N–H and O–H groups in total. The molecule has 0 heterocycles. The summed E-state index contributed by atoms with van der Waals surface area (Å²) in [6.07, 6.45) is 4.54. The molecule has 0 saturated carbocycles. The molecule has 0 unspecified atom stereocenters. The van der Waals surface area contributed by atoms with Gasteiger partial charge in [0.1, 0.15) is 0 Å². The highest BCUT2D eigenvalue weighted by molar-refractivity contribution is 9.10. The average Bonchev–Trinajstić information content (AvgIpc) is 2.16. The number of rotatable bonds is 3. The van der Waals surface area contributed by atoms with E-state index in [1.54, 1.807) is 6.08 Å². The zero-order chi connectivity index (χ0) is 9.68. The molecule has 0 spiro atoms. The van der Waals surface area contributed by atoms with Crippen molar-refractivity contribution in [3.8, 4) is 0 Å². The molecular formula is C11H9BrO. The minimum Gasteiger partial charge on any atom is -0.290 e. The number of benzene rings is 1. The van der Waals surface area contributed by atoms with E-state index in [9.17, 15) is 4.79 Å². The Hall–Kier alpha value is -1.15. The normalized spacial score (nSPS) is 10.2. The van der Waals surface area contributed by atoms with Crippen LogP contribution in [0.1, 0.15) is 5.56 Å². The molecule has 1 nitrogen and oxygen atoms in total. The summed E-state index contributed by atoms with van der Waals surface area (Å²) in [6, 6.07) is 7.71. The van der Waals surface area contributed by atoms with Crippen LogP contribution in [0.15, 0.2) is 47.5 Å². The van der Waals surface area contributed by atoms with Crippen molar-refractivity contribution in [1.82, 2.24) is 0 Å². The number of halogens is 1. The van der Waals surface area contributed by atoms with Gasteiger partial charge in [0.05, 0.1) is 0 Å². The first kappa shape index (κ1) is 9.93. The van der Waals surface area contributed by atoms with Crippen molar-refractivity contribution in [3.05, 3.63) is 53.0 Å². The van der Waals surface area contributed by atoms with Crippen molar-refractivity contribution in [2.75, 3.05) is 0 Å². The molecule has 0 aliphatic carbocycles. The Morgan fingerprint density at radius 1 is 1.31 bits per heavy atom. The maximum absolute atomic E-state index is 10.8. The van der Waals surface area contributed by atoms with E-state index in [0.29, 0.717) is 0 Å². The Morgan fingerprint density at radius 2 is 1.92 bits per heavy atom. The van der Waals surface area contributed by atoms with Gasteiger partial charge in [-0.05, 0) is 29.8 Å². The molecule has 0 atom stereocenters. The summed E-state index contributed by atoms with van der Waals surface area (Å²) in [5.41, 5.74) is 0.999. The van der Waals surface area contributed by atoms with E-state index >= 15 is 0 Å². The van der Waals surface area contributed by atoms with Crippen LogP contribution < -0.4 is 0 Å². The molecule has 0 aliphatic rings. The number of carbonyl (C=O) groups excluding carboxylic acids is 1. The summed E-state index contributed by atoms with van der Waals surface area (Å²) in [5.74, 6) is -0.0806. The minimum atomic E-state index is -0.0806. The second-order valence-corrected chi connectivity index (χ2v) is 3.41. The van der Waals surface area contributed by atoms with Gasteiger partial charge in [-0.3, -0.25) is 4.79 Å². The van der Waals surface area contributed by atoms with Crippen LogP contribution in [-0.2, 0) is 4.79 Å². The largest absolute Gasteiger partial charge is 0.290 e. The fourth-order valence-electron chi connectivity index (χ4n) is 0.820. The lowest BCUT2D eigenvalue weighted by molar-refractivity contribution is -0.110. The van der Waals surface area contributed by atoms with Gasteiger partial charge in [-0.25, -0.2) is 0 Å². The quantitative estimate of drug-likeness (QED) is 0.737. The SMILES string of the molecule is C=CC(=O)C=Cc1ccc(Br)cc1. The van der Waals surface area contributed by atoms with Crippen LogP contribution in [0.25, 0.3) is 6.08 Å². The lowest BCUT2D eigenvalue weighted by Gasteiger charge is -1.92. The standard InChI is InChI=1S/C11H9BrO/c1-2-11(13)8-5-9-3-6-10(12)7-4-9/h2-8H,1H2. The minimum absolute atomic E-state index is 0.0806. The molecule has 0 aromatic heterocycles. The number of hydrogen-bond acceptors (Lipinski definition) is 1. The van der Waals surface area contributed by atoms with Gasteiger partial charge in [-0.15, -0.1) is 0 Å². The van der Waals surface area contributed by atoms with E-state index in [0.717, 1.165) is 10.0 Å². The molecule has 13 heavy (non-hydrogen) atoms. The predicted molar refractivity (Wildman–Crippen MR) is 58.4 cm³/mol. The third-order valence-electron chi connectivity index (χ3n) is 1.51. The van der Waals surface area contributed by atoms with E-state index in [1.165, 1.54) is 12.2 Å². The predicted octanol–water partition coefficient (Wildman–Crippen LogP) is 3.22. The van der Waals surface area contributed by atoms with Gasteiger partial charge in [-0.2, -0.15) is 0 Å². The third-order valence-corrected chi connectivity index (χ3v) is 2.04. The number of ketones is 1. The first-order valence-corrected chi connectivity index (χ1v) is 4.62. The van der Waals surface area contributed by atoms with Crippen LogP contribution in [-0.4, -0.2) is 5.78 Å². The molecule has 66 valence electrons. The fourth-order valence-corrected chi connectivity index (χ4v) is 1.08. The maximum atomic E-state index is 10.8. The van der Waals surface area contributed by atoms with Crippen molar-refractivity contribution < 1.29 is 4.79 Å². The molecule has 2 heteroatoms. The van der Waals surface area contributed by atoms with Gasteiger partial charge in [-0.1, -0.05) is 40.7 Å². The molecule has 1 aromatic rings. The van der Waals surface area contributed by atoms with Gasteiger partial charge >= 0.3 is 0 Å². The summed E-state index contributed by atoms with van der Waals surface area (Å²) in [7, 11) is 0. The smallest absolute Gasteiger partial charge is 0.178 e. The van der Waals surface area contributed by atoms with E-state index in [4.69, 9.17) is 0 Å². The second kappa shape index (κ2) is 4.77. The van der Waals surface area contributed by atoms with Crippen LogP contribution >= 0.6 is 15.9 Å². The zero-order valence-electron chi connectivity index (χ0n) is 7.03. The van der Waals surface area contributed by atoms with Crippen molar-refractivity contribution in [1.29, 1.82) is 0 Å². The van der Waals surface area contributed by atoms with Gasteiger partial charge in [0.15, 0.2) is 5.78 Å². The Morgan fingerprint density at radius 3 is 2.46 bits per heavy atom. The van der Waals surface area contributed by atoms with Gasteiger partial charge < -0.3 is 0 Å². The zero-order valence-corrected chi connectivity index (χ0v) is 8.62. The van der Waals surface area contributed by atoms with Crippen LogP contribution in [0.2, 0.25) is 0 Å². The van der Waals surface area contributed by atoms with Crippen LogP contribution in [0.3, 0.4) is 0 Å². The van der Waals surface area contributed by atoms with Crippen molar-refractivity contribution in [2.24, 2.45) is 0 Å². The average molecular weight is 237 g/mol. The van der Waals surface area contributed by atoms with Crippen molar-refractivity contribution >= 4 is 27.8 Å². The fraction of sp³-hybridized carbons (Fsp3) is 0. The maximum Gasteiger partial charge on any atom is 0.178 e. The first-order chi connectivity index (χ1) is 6.22. The summed E-state index contributed by atoms with van der Waals surface area (Å²) in [4.78, 5) is 10.8. The van der Waals surface area contributed by atoms with Crippen molar-refractivity contribution in [2.45, 2.75) is 0 Å². The van der Waals surface area contributed by atoms with Crippen molar-refractivity contribution in [3.63, 3.8) is 0 Å². The van der Waals surface area contributed by atoms with E-state index in [-0.39, 0.29) is 5.78 Å². The Balaban J connectivity index is 2.74. The second-order valence-electron chi connectivity index (χ2n) is 2.49. The Bertz CT molecular complexity index is 336. The molecule has 1 aromatic carbocycles. The summed E-state index contributed by atoms with van der Waals surface area (Å²) < 4.78 is 1.03. The number of hydrogen-bond donors (Lipinski definition) is 0. The van der Waals surface area contributed by atoms with Crippen LogP contribution in [0.5, 0.6) is 0 Å². The molecule has 0 fully saturated rings. The lowest BCUT2D eigenvalue weighted by atomic mass is 10.2. The summed E-state index contributed by atoms with van der Waals surface area (Å²) >= 11 is 3.33. The van der Waals surface area contributed by atoms with Crippen LogP contribution in [0, 0.1) is 0 Å². The van der Waals surface area contributed by atoms with Gasteiger partial charge in [0.2, 0.25) is 0 Å². The molecular weight excluding hydrogens is 228 g/mol. The third kappa shape index (κ3) is 3.38.